The summed E-state index contributed by atoms with van der Waals surface area (Å²) in [5, 5.41) is 0. The van der Waals surface area contributed by atoms with Gasteiger partial charge in [0.15, 0.2) is 0 Å². The summed E-state index contributed by atoms with van der Waals surface area (Å²) in [7, 11) is 0. The molecule has 4 nitrogen and oxygen atoms in total. The van der Waals surface area contributed by atoms with Crippen LogP contribution in [0.4, 0.5) is 0 Å². The van der Waals surface area contributed by atoms with E-state index in [4.69, 9.17) is 5.73 Å². The fraction of sp³-hybridized carbons (Fsp3) is 0.333. The normalized spacial score (nSPS) is 13.5. The highest BCUT2D eigenvalue weighted by molar-refractivity contribution is 5.27. The number of nitrogens with zero attached hydrogens (tertiary/aromatic N) is 2. The van der Waals surface area contributed by atoms with Gasteiger partial charge in [-0.15, -0.1) is 0 Å². The maximum atomic E-state index is 12.1. The molecule has 2 aromatic heterocycles. The number of hydrogen-bond acceptors (Lipinski definition) is 3. The Morgan fingerprint density at radius 1 is 1.26 bits per heavy atom. The molecule has 2 N–H and O–H groups in total. The first-order chi connectivity index (χ1) is 9.28. The third-order valence-corrected chi connectivity index (χ3v) is 3.68. The molecule has 0 amide bonds. The number of fused-ring (bicyclic) bond motifs is 1. The highest BCUT2D eigenvalue weighted by Crippen LogP contribution is 2.20. The van der Waals surface area contributed by atoms with E-state index in [0.29, 0.717) is 13.1 Å². The van der Waals surface area contributed by atoms with Crippen molar-refractivity contribution in [3.05, 3.63) is 63.3 Å². The molecule has 0 unspecified atom stereocenters. The van der Waals surface area contributed by atoms with E-state index in [1.165, 1.54) is 11.3 Å². The van der Waals surface area contributed by atoms with Crippen LogP contribution in [-0.2, 0) is 25.9 Å². The SMILES string of the molecule is NCc1cc(Cn2c3c(ccc2=O)CCC3)ccn1. The second kappa shape index (κ2) is 4.97. The minimum Gasteiger partial charge on any atom is -0.325 e. The summed E-state index contributed by atoms with van der Waals surface area (Å²) in [6, 6.07) is 7.56. The number of rotatable bonds is 3. The van der Waals surface area contributed by atoms with Gasteiger partial charge in [0.05, 0.1) is 12.2 Å². The molecule has 98 valence electrons. The van der Waals surface area contributed by atoms with Gasteiger partial charge in [-0.1, -0.05) is 6.07 Å². The van der Waals surface area contributed by atoms with Crippen molar-refractivity contribution in [1.29, 1.82) is 0 Å². The minimum absolute atomic E-state index is 0.0757. The molecule has 1 aliphatic carbocycles. The summed E-state index contributed by atoms with van der Waals surface area (Å²) >= 11 is 0. The molecule has 3 rings (SSSR count). The monoisotopic (exact) mass is 255 g/mol. The minimum atomic E-state index is 0.0757. The number of nitrogens with two attached hydrogens (primary N) is 1. The van der Waals surface area contributed by atoms with E-state index in [0.717, 1.165) is 30.5 Å². The molecular formula is C15H17N3O. The molecular weight excluding hydrogens is 238 g/mol. The van der Waals surface area contributed by atoms with Gasteiger partial charge in [-0.05, 0) is 42.5 Å². The van der Waals surface area contributed by atoms with E-state index in [-0.39, 0.29) is 5.56 Å². The summed E-state index contributed by atoms with van der Waals surface area (Å²) in [6.07, 6.45) is 4.98. The van der Waals surface area contributed by atoms with Crippen molar-refractivity contribution in [3.63, 3.8) is 0 Å². The lowest BCUT2D eigenvalue weighted by atomic mass is 10.2. The molecule has 0 atom stereocenters. The van der Waals surface area contributed by atoms with Crippen LogP contribution in [0.3, 0.4) is 0 Å². The van der Waals surface area contributed by atoms with Crippen LogP contribution in [0.2, 0.25) is 0 Å². The van der Waals surface area contributed by atoms with Gasteiger partial charge in [0.25, 0.3) is 5.56 Å². The third-order valence-electron chi connectivity index (χ3n) is 3.68. The van der Waals surface area contributed by atoms with Crippen LogP contribution in [0.25, 0.3) is 0 Å². The maximum absolute atomic E-state index is 12.1. The van der Waals surface area contributed by atoms with E-state index in [1.54, 1.807) is 12.3 Å². The molecule has 0 fully saturated rings. The van der Waals surface area contributed by atoms with Crippen molar-refractivity contribution in [3.8, 4) is 0 Å². The fourth-order valence-corrected chi connectivity index (χ4v) is 2.73. The van der Waals surface area contributed by atoms with Gasteiger partial charge >= 0.3 is 0 Å². The summed E-state index contributed by atoms with van der Waals surface area (Å²) in [5.41, 5.74) is 10.1. The lowest BCUT2D eigenvalue weighted by Crippen LogP contribution is -2.23. The zero-order valence-electron chi connectivity index (χ0n) is 10.8. The Bertz CT molecular complexity index is 661. The van der Waals surface area contributed by atoms with Crippen molar-refractivity contribution in [2.75, 3.05) is 0 Å². The first-order valence-corrected chi connectivity index (χ1v) is 6.63. The second-order valence-electron chi connectivity index (χ2n) is 4.94. The van der Waals surface area contributed by atoms with E-state index < -0.39 is 0 Å². The van der Waals surface area contributed by atoms with Crippen LogP contribution in [0.1, 0.15) is 28.9 Å². The summed E-state index contributed by atoms with van der Waals surface area (Å²) in [6.45, 7) is 1.03. The van der Waals surface area contributed by atoms with Crippen LogP contribution >= 0.6 is 0 Å². The van der Waals surface area contributed by atoms with Gasteiger partial charge in [-0.25, -0.2) is 0 Å². The molecule has 4 heteroatoms. The number of hydrogen-bond donors (Lipinski definition) is 1. The van der Waals surface area contributed by atoms with Gasteiger partial charge in [0, 0.05) is 24.5 Å². The van der Waals surface area contributed by atoms with Crippen LogP contribution in [0.5, 0.6) is 0 Å². The van der Waals surface area contributed by atoms with Gasteiger partial charge in [-0.2, -0.15) is 0 Å². The van der Waals surface area contributed by atoms with Gasteiger partial charge in [0.2, 0.25) is 0 Å². The van der Waals surface area contributed by atoms with Crippen LogP contribution < -0.4 is 11.3 Å². The van der Waals surface area contributed by atoms with Crippen molar-refractivity contribution in [2.24, 2.45) is 5.73 Å². The molecule has 0 spiro atoms. The number of aromatic nitrogens is 2. The second-order valence-corrected chi connectivity index (χ2v) is 4.94. The number of pyridine rings is 2. The van der Waals surface area contributed by atoms with Crippen molar-refractivity contribution < 1.29 is 0 Å². The fourth-order valence-electron chi connectivity index (χ4n) is 2.73. The quantitative estimate of drug-likeness (QED) is 0.897. The molecule has 0 radical (unpaired) electrons. The highest BCUT2D eigenvalue weighted by atomic mass is 16.1. The zero-order valence-corrected chi connectivity index (χ0v) is 10.8. The standard InChI is InChI=1S/C15H17N3O/c16-9-13-8-11(6-7-17-13)10-18-14-3-1-2-12(14)4-5-15(18)19/h4-8H,1-3,9-10,16H2. The molecule has 0 saturated carbocycles. The Morgan fingerprint density at radius 3 is 3.00 bits per heavy atom. The van der Waals surface area contributed by atoms with Crippen molar-refractivity contribution >= 4 is 0 Å². The summed E-state index contributed by atoms with van der Waals surface area (Å²) in [5.74, 6) is 0. The highest BCUT2D eigenvalue weighted by Gasteiger charge is 2.15. The zero-order chi connectivity index (χ0) is 13.2. The van der Waals surface area contributed by atoms with Gasteiger partial charge < -0.3 is 10.3 Å². The Labute approximate surface area is 111 Å². The Balaban J connectivity index is 1.99. The lowest BCUT2D eigenvalue weighted by molar-refractivity contribution is 0.705. The van der Waals surface area contributed by atoms with Crippen LogP contribution in [0, 0.1) is 0 Å². The molecule has 0 bridgehead atoms. The average Bonchev–Trinajstić information content (AvgIpc) is 2.91. The summed E-state index contributed by atoms with van der Waals surface area (Å²) < 4.78 is 1.89. The first kappa shape index (κ1) is 12.1. The third kappa shape index (κ3) is 2.31. The Morgan fingerprint density at radius 2 is 2.16 bits per heavy atom. The molecule has 0 saturated heterocycles. The first-order valence-electron chi connectivity index (χ1n) is 6.63. The molecule has 19 heavy (non-hydrogen) atoms. The van der Waals surface area contributed by atoms with Crippen molar-refractivity contribution in [1.82, 2.24) is 9.55 Å². The number of aryl methyl sites for hydroxylation is 1. The largest absolute Gasteiger partial charge is 0.325 e. The van der Waals surface area contributed by atoms with Crippen LogP contribution in [0.15, 0.2) is 35.3 Å². The summed E-state index contributed by atoms with van der Waals surface area (Å²) in [4.78, 5) is 16.2. The molecule has 2 heterocycles. The van der Waals surface area contributed by atoms with Gasteiger partial charge in [-0.3, -0.25) is 9.78 Å². The predicted octanol–water partition coefficient (Wildman–Crippen LogP) is 1.24. The average molecular weight is 255 g/mol. The molecule has 0 aliphatic heterocycles. The van der Waals surface area contributed by atoms with E-state index in [1.807, 2.05) is 22.8 Å². The lowest BCUT2D eigenvalue weighted by Gasteiger charge is -2.12. The topological polar surface area (TPSA) is 60.9 Å². The van der Waals surface area contributed by atoms with E-state index >= 15 is 0 Å². The smallest absolute Gasteiger partial charge is 0.251 e. The maximum Gasteiger partial charge on any atom is 0.251 e. The van der Waals surface area contributed by atoms with Crippen LogP contribution in [-0.4, -0.2) is 9.55 Å². The molecule has 1 aliphatic rings. The molecule has 2 aromatic rings. The Kier molecular flexibility index (Phi) is 3.17. The van der Waals surface area contributed by atoms with E-state index in [2.05, 4.69) is 4.98 Å². The Hall–Kier alpha value is -1.94. The van der Waals surface area contributed by atoms with Crippen molar-refractivity contribution in [2.45, 2.75) is 32.4 Å². The van der Waals surface area contributed by atoms with Gasteiger partial charge in [0.1, 0.15) is 0 Å². The molecule has 0 aromatic carbocycles. The predicted molar refractivity (Wildman–Crippen MR) is 74.0 cm³/mol. The van der Waals surface area contributed by atoms with E-state index in [9.17, 15) is 4.79 Å².